The number of rotatable bonds is 6. The smallest absolute Gasteiger partial charge is 0.175 e. The van der Waals surface area contributed by atoms with Gasteiger partial charge < -0.3 is 14.8 Å². The second-order valence-electron chi connectivity index (χ2n) is 5.73. The molecular formula is C18H20N2O4S. The molecule has 0 saturated carbocycles. The van der Waals surface area contributed by atoms with Gasteiger partial charge in [0.15, 0.2) is 21.3 Å². The molecule has 3 rings (SSSR count). The Morgan fingerprint density at radius 1 is 1.12 bits per heavy atom. The zero-order valence-electron chi connectivity index (χ0n) is 14.2. The molecular weight excluding hydrogens is 340 g/mol. The van der Waals surface area contributed by atoms with Crippen LogP contribution in [0.2, 0.25) is 0 Å². The molecule has 6 nitrogen and oxygen atoms in total. The number of hydrogen-bond acceptors (Lipinski definition) is 6. The Kier molecular flexibility index (Phi) is 4.94. The fourth-order valence-electron chi connectivity index (χ4n) is 2.52. The van der Waals surface area contributed by atoms with E-state index in [1.807, 2.05) is 18.2 Å². The van der Waals surface area contributed by atoms with Crippen LogP contribution in [0.15, 0.2) is 52.4 Å². The van der Waals surface area contributed by atoms with Crippen molar-refractivity contribution < 1.29 is 17.9 Å². The number of aliphatic imine (C=N–C) groups is 1. The maximum atomic E-state index is 11.5. The summed E-state index contributed by atoms with van der Waals surface area (Å²) in [5, 5.41) is 3.22. The Morgan fingerprint density at radius 3 is 2.48 bits per heavy atom. The summed E-state index contributed by atoms with van der Waals surface area (Å²) in [4.78, 5) is 4.69. The minimum Gasteiger partial charge on any atom is -0.493 e. The number of amidine groups is 1. The van der Waals surface area contributed by atoms with Crippen molar-refractivity contribution in [3.05, 3.63) is 53.6 Å². The van der Waals surface area contributed by atoms with Gasteiger partial charge >= 0.3 is 0 Å². The van der Waals surface area contributed by atoms with E-state index in [2.05, 4.69) is 10.3 Å². The number of hydrogen-bond donors (Lipinski definition) is 1. The van der Waals surface area contributed by atoms with Crippen molar-refractivity contribution in [2.24, 2.45) is 4.99 Å². The lowest BCUT2D eigenvalue weighted by Gasteiger charge is -2.13. The fraction of sp³-hybridized carbons (Fsp3) is 0.278. The first-order valence-corrected chi connectivity index (χ1v) is 9.75. The first kappa shape index (κ1) is 17.3. The summed E-state index contributed by atoms with van der Waals surface area (Å²) in [5.41, 5.74) is 1.83. The number of nitrogens with one attached hydrogen (secondary N) is 1. The lowest BCUT2D eigenvalue weighted by molar-refractivity contribution is 0.284. The minimum absolute atomic E-state index is 0.294. The standard InChI is InChI=1S/C18H20N2O4S/c1-23-17-11-14(18-19-9-10-20-18)5-8-16(17)24-12-13-3-6-15(7-4-13)25(2,21)22/h3-8,11H,9-10,12H2,1-2H3,(H,19,20). The molecule has 7 heteroatoms. The number of nitrogens with zero attached hydrogens (tertiary/aromatic N) is 1. The van der Waals surface area contributed by atoms with Gasteiger partial charge in [-0.15, -0.1) is 0 Å². The van der Waals surface area contributed by atoms with Crippen molar-refractivity contribution in [2.45, 2.75) is 11.5 Å². The van der Waals surface area contributed by atoms with E-state index in [1.54, 1.807) is 31.4 Å². The van der Waals surface area contributed by atoms with E-state index in [9.17, 15) is 8.42 Å². The highest BCUT2D eigenvalue weighted by Gasteiger charge is 2.12. The van der Waals surface area contributed by atoms with Crippen LogP contribution in [0.3, 0.4) is 0 Å². The molecule has 1 heterocycles. The van der Waals surface area contributed by atoms with Crippen LogP contribution in [0.4, 0.5) is 0 Å². The molecule has 25 heavy (non-hydrogen) atoms. The summed E-state index contributed by atoms with van der Waals surface area (Å²) in [6.45, 7) is 1.94. The molecule has 0 bridgehead atoms. The molecule has 1 aliphatic rings. The second kappa shape index (κ2) is 7.14. The van der Waals surface area contributed by atoms with Gasteiger partial charge in [0.05, 0.1) is 18.6 Å². The van der Waals surface area contributed by atoms with Gasteiger partial charge in [-0.05, 0) is 35.9 Å². The highest BCUT2D eigenvalue weighted by molar-refractivity contribution is 7.90. The van der Waals surface area contributed by atoms with Gasteiger partial charge in [0.25, 0.3) is 0 Å². The first-order valence-electron chi connectivity index (χ1n) is 7.86. The van der Waals surface area contributed by atoms with E-state index in [0.717, 1.165) is 30.1 Å². The molecule has 1 N–H and O–H groups in total. The van der Waals surface area contributed by atoms with Gasteiger partial charge in [0, 0.05) is 18.4 Å². The highest BCUT2D eigenvalue weighted by Crippen LogP contribution is 2.29. The normalized spacial score (nSPS) is 13.9. The van der Waals surface area contributed by atoms with Crippen molar-refractivity contribution in [2.75, 3.05) is 26.5 Å². The van der Waals surface area contributed by atoms with E-state index in [1.165, 1.54) is 6.26 Å². The summed E-state index contributed by atoms with van der Waals surface area (Å²) in [6, 6.07) is 12.3. The van der Waals surface area contributed by atoms with E-state index in [0.29, 0.717) is 23.0 Å². The van der Waals surface area contributed by atoms with Gasteiger partial charge in [-0.25, -0.2) is 8.42 Å². The first-order chi connectivity index (χ1) is 12.0. The van der Waals surface area contributed by atoms with Crippen molar-refractivity contribution in [3.8, 4) is 11.5 Å². The summed E-state index contributed by atoms with van der Waals surface area (Å²) in [6.07, 6.45) is 1.19. The van der Waals surface area contributed by atoms with Crippen LogP contribution in [-0.4, -0.2) is 40.7 Å². The summed E-state index contributed by atoms with van der Waals surface area (Å²) in [5.74, 6) is 2.11. The Hall–Kier alpha value is -2.54. The summed E-state index contributed by atoms with van der Waals surface area (Å²) in [7, 11) is -1.59. The maximum Gasteiger partial charge on any atom is 0.175 e. The Bertz CT molecular complexity index is 890. The largest absolute Gasteiger partial charge is 0.493 e. The molecule has 0 saturated heterocycles. The topological polar surface area (TPSA) is 77.0 Å². The third kappa shape index (κ3) is 4.11. The summed E-state index contributed by atoms with van der Waals surface area (Å²) >= 11 is 0. The Balaban J connectivity index is 1.72. The van der Waals surface area contributed by atoms with Crippen LogP contribution in [0.25, 0.3) is 0 Å². The van der Waals surface area contributed by atoms with Gasteiger partial charge in [-0.3, -0.25) is 4.99 Å². The summed E-state index contributed by atoms with van der Waals surface area (Å²) < 4.78 is 34.2. The van der Waals surface area contributed by atoms with E-state index < -0.39 is 9.84 Å². The molecule has 132 valence electrons. The molecule has 0 unspecified atom stereocenters. The van der Waals surface area contributed by atoms with Crippen LogP contribution in [0.1, 0.15) is 11.1 Å². The predicted molar refractivity (Wildman–Crippen MR) is 96.3 cm³/mol. The maximum absolute atomic E-state index is 11.5. The van der Waals surface area contributed by atoms with Gasteiger partial charge in [0.1, 0.15) is 12.4 Å². The zero-order chi connectivity index (χ0) is 17.9. The van der Waals surface area contributed by atoms with Crippen molar-refractivity contribution in [1.29, 1.82) is 0 Å². The minimum atomic E-state index is -3.19. The van der Waals surface area contributed by atoms with E-state index in [4.69, 9.17) is 9.47 Å². The van der Waals surface area contributed by atoms with Crippen molar-refractivity contribution in [1.82, 2.24) is 5.32 Å². The average molecular weight is 360 g/mol. The number of benzene rings is 2. The quantitative estimate of drug-likeness (QED) is 0.853. The molecule has 0 amide bonds. The molecule has 0 radical (unpaired) electrons. The predicted octanol–water partition coefficient (Wildman–Crippen LogP) is 2.03. The van der Waals surface area contributed by atoms with Crippen LogP contribution >= 0.6 is 0 Å². The lowest BCUT2D eigenvalue weighted by atomic mass is 10.2. The number of ether oxygens (including phenoxy) is 2. The van der Waals surface area contributed by atoms with E-state index in [-0.39, 0.29) is 0 Å². The molecule has 0 aromatic heterocycles. The number of methoxy groups -OCH3 is 1. The van der Waals surface area contributed by atoms with Gasteiger partial charge in [-0.2, -0.15) is 0 Å². The van der Waals surface area contributed by atoms with Crippen molar-refractivity contribution >= 4 is 15.7 Å². The number of sulfone groups is 1. The third-order valence-corrected chi connectivity index (χ3v) is 4.99. The Morgan fingerprint density at radius 2 is 1.88 bits per heavy atom. The molecule has 0 aliphatic carbocycles. The van der Waals surface area contributed by atoms with Crippen LogP contribution in [0, 0.1) is 0 Å². The fourth-order valence-corrected chi connectivity index (χ4v) is 3.15. The molecule has 2 aromatic carbocycles. The Labute approximate surface area is 147 Å². The van der Waals surface area contributed by atoms with Crippen molar-refractivity contribution in [3.63, 3.8) is 0 Å². The van der Waals surface area contributed by atoms with Gasteiger partial charge in [-0.1, -0.05) is 12.1 Å². The van der Waals surface area contributed by atoms with Gasteiger partial charge in [0.2, 0.25) is 0 Å². The second-order valence-corrected chi connectivity index (χ2v) is 7.74. The van der Waals surface area contributed by atoms with Crippen LogP contribution in [0.5, 0.6) is 11.5 Å². The molecule has 1 aliphatic heterocycles. The molecule has 0 atom stereocenters. The molecule has 2 aromatic rings. The molecule has 0 spiro atoms. The average Bonchev–Trinajstić information content (AvgIpc) is 3.14. The molecule has 0 fully saturated rings. The third-order valence-electron chi connectivity index (χ3n) is 3.86. The highest BCUT2D eigenvalue weighted by atomic mass is 32.2. The monoisotopic (exact) mass is 360 g/mol. The lowest BCUT2D eigenvalue weighted by Crippen LogP contribution is -2.19. The van der Waals surface area contributed by atoms with Crippen LogP contribution < -0.4 is 14.8 Å². The zero-order valence-corrected chi connectivity index (χ0v) is 15.0. The SMILES string of the molecule is COc1cc(C2=NCCN2)ccc1OCc1ccc(S(C)(=O)=O)cc1. The van der Waals surface area contributed by atoms with E-state index >= 15 is 0 Å². The van der Waals surface area contributed by atoms with Crippen LogP contribution in [-0.2, 0) is 16.4 Å².